The number of hydrogen-bond acceptors (Lipinski definition) is 5. The summed E-state index contributed by atoms with van der Waals surface area (Å²) in [5.41, 5.74) is 6.67. The Hall–Kier alpha value is -4.02. The fourth-order valence-corrected chi connectivity index (χ4v) is 6.77. The molecule has 3 aromatic rings. The van der Waals surface area contributed by atoms with Gasteiger partial charge in [-0.2, -0.15) is 0 Å². The summed E-state index contributed by atoms with van der Waals surface area (Å²) in [5, 5.41) is 6.37. The number of fused-ring (bicyclic) bond motifs is 3. The van der Waals surface area contributed by atoms with E-state index < -0.39 is 29.2 Å². The summed E-state index contributed by atoms with van der Waals surface area (Å²) in [5.74, 6) is -2.54. The third kappa shape index (κ3) is 6.01. The molecule has 2 heterocycles. The number of pyridine rings is 1. The largest absolute Gasteiger partial charge is 0.381 e. The summed E-state index contributed by atoms with van der Waals surface area (Å²) in [7, 11) is 1.68. The van der Waals surface area contributed by atoms with Crippen LogP contribution in [0.15, 0.2) is 53.5 Å². The van der Waals surface area contributed by atoms with Crippen LogP contribution in [0.5, 0.6) is 0 Å². The topological polar surface area (TPSA) is 133 Å². The van der Waals surface area contributed by atoms with Crippen LogP contribution in [0, 0.1) is 11.7 Å². The molecule has 2 aromatic carbocycles. The van der Waals surface area contributed by atoms with Gasteiger partial charge in [0.15, 0.2) is 0 Å². The highest BCUT2D eigenvalue weighted by Gasteiger charge is 2.46. The SMILES string of the molecule is COC1CCC(CC(C(=O)Nc2ccc(C(N)=O)c(F)c2)n2cc3c(cc2=O)-c2cc(Cl)ccc2CC2(CC2)NC3=O)CC1. The van der Waals surface area contributed by atoms with E-state index in [-0.39, 0.29) is 40.3 Å². The van der Waals surface area contributed by atoms with Gasteiger partial charge in [0, 0.05) is 41.2 Å². The molecule has 11 heteroatoms. The van der Waals surface area contributed by atoms with Gasteiger partial charge in [0.25, 0.3) is 17.4 Å². The third-order valence-electron chi connectivity index (χ3n) is 9.27. The van der Waals surface area contributed by atoms with Crippen LogP contribution < -0.4 is 21.9 Å². The van der Waals surface area contributed by atoms with Gasteiger partial charge >= 0.3 is 0 Å². The fourth-order valence-electron chi connectivity index (χ4n) is 6.60. The molecule has 1 aliphatic heterocycles. The minimum Gasteiger partial charge on any atom is -0.381 e. The Bertz CT molecular complexity index is 1710. The predicted octanol–water partition coefficient (Wildman–Crippen LogP) is 5.00. The maximum atomic E-state index is 14.5. The van der Waals surface area contributed by atoms with Gasteiger partial charge in [-0.1, -0.05) is 17.7 Å². The summed E-state index contributed by atoms with van der Waals surface area (Å²) >= 11 is 6.37. The monoisotopic (exact) mass is 620 g/mol. The highest BCUT2D eigenvalue weighted by molar-refractivity contribution is 6.31. The number of methoxy groups -OCH3 is 1. The summed E-state index contributed by atoms with van der Waals surface area (Å²) in [4.78, 5) is 52.9. The molecule has 3 aliphatic rings. The van der Waals surface area contributed by atoms with Crippen molar-refractivity contribution in [3.8, 4) is 11.1 Å². The van der Waals surface area contributed by atoms with Crippen LogP contribution in [-0.4, -0.2) is 41.0 Å². The number of primary amides is 1. The number of rotatable bonds is 7. The molecule has 230 valence electrons. The van der Waals surface area contributed by atoms with Crippen LogP contribution >= 0.6 is 11.6 Å². The van der Waals surface area contributed by atoms with Gasteiger partial charge < -0.3 is 25.7 Å². The molecule has 0 radical (unpaired) electrons. The molecular weight excluding hydrogens is 587 g/mol. The standard InChI is InChI=1S/C33H34ClFN4O5/c1-44-22-7-2-18(3-8-22)12-28(32(43)37-21-6-9-23(30(36)41)27(35)14-21)39-17-26-25(15-29(39)40)24-13-20(34)5-4-19(24)16-33(10-11-33)38-31(26)42/h4-6,9,13-15,17-18,22,28H,2-3,7-8,10-12,16H2,1H3,(H2,36,41)(H,37,43)(H,38,42). The summed E-state index contributed by atoms with van der Waals surface area (Å²) in [6.45, 7) is 0. The van der Waals surface area contributed by atoms with Crippen molar-refractivity contribution in [2.45, 2.75) is 69.1 Å². The number of hydrogen-bond donors (Lipinski definition) is 3. The van der Waals surface area contributed by atoms with Gasteiger partial charge in [0.2, 0.25) is 5.91 Å². The number of nitrogens with two attached hydrogens (primary N) is 1. The van der Waals surface area contributed by atoms with Gasteiger partial charge in [-0.25, -0.2) is 4.39 Å². The van der Waals surface area contributed by atoms with Crippen LogP contribution in [0.2, 0.25) is 5.02 Å². The smallest absolute Gasteiger partial charge is 0.253 e. The van der Waals surface area contributed by atoms with Crippen LogP contribution in [-0.2, 0) is 16.0 Å². The van der Waals surface area contributed by atoms with Crippen LogP contribution in [0.3, 0.4) is 0 Å². The Morgan fingerprint density at radius 1 is 1.09 bits per heavy atom. The molecule has 2 aliphatic carbocycles. The zero-order valence-corrected chi connectivity index (χ0v) is 25.1. The summed E-state index contributed by atoms with van der Waals surface area (Å²) < 4.78 is 21.4. The highest BCUT2D eigenvalue weighted by atomic mass is 35.5. The lowest BCUT2D eigenvalue weighted by Gasteiger charge is -2.31. The van der Waals surface area contributed by atoms with Crippen LogP contribution in [0.25, 0.3) is 11.1 Å². The Morgan fingerprint density at radius 3 is 2.50 bits per heavy atom. The molecule has 3 amide bonds. The molecule has 0 saturated heterocycles. The second-order valence-electron chi connectivity index (χ2n) is 12.2. The molecule has 9 nitrogen and oxygen atoms in total. The van der Waals surface area contributed by atoms with E-state index in [9.17, 15) is 23.6 Å². The number of carbonyl (C=O) groups is 3. The van der Waals surface area contributed by atoms with E-state index in [1.165, 1.54) is 29.0 Å². The normalized spacial score (nSPS) is 20.8. The fraction of sp³-hybridized carbons (Fsp3) is 0.394. The lowest BCUT2D eigenvalue weighted by atomic mass is 9.83. The van der Waals surface area contributed by atoms with Crippen LogP contribution in [0.4, 0.5) is 10.1 Å². The van der Waals surface area contributed by atoms with E-state index >= 15 is 0 Å². The Morgan fingerprint density at radius 2 is 1.84 bits per heavy atom. The number of nitrogens with zero attached hydrogens (tertiary/aromatic N) is 1. The first-order valence-corrected chi connectivity index (χ1v) is 15.2. The molecule has 6 rings (SSSR count). The minimum absolute atomic E-state index is 0.113. The van der Waals surface area contributed by atoms with Crippen molar-refractivity contribution in [1.82, 2.24) is 9.88 Å². The molecule has 1 spiro atoms. The van der Waals surface area contributed by atoms with Crippen molar-refractivity contribution in [2.75, 3.05) is 12.4 Å². The van der Waals surface area contributed by atoms with Crippen molar-refractivity contribution in [1.29, 1.82) is 0 Å². The molecule has 2 fully saturated rings. The first-order valence-electron chi connectivity index (χ1n) is 14.9. The number of nitrogens with one attached hydrogen (secondary N) is 2. The van der Waals surface area contributed by atoms with Gasteiger partial charge in [-0.3, -0.25) is 19.2 Å². The van der Waals surface area contributed by atoms with Crippen molar-refractivity contribution in [3.05, 3.63) is 86.5 Å². The second-order valence-corrected chi connectivity index (χ2v) is 12.7. The maximum absolute atomic E-state index is 14.5. The molecule has 4 N–H and O–H groups in total. The summed E-state index contributed by atoms with van der Waals surface area (Å²) in [6, 6.07) is 9.52. The first kappa shape index (κ1) is 30.0. The maximum Gasteiger partial charge on any atom is 0.253 e. The quantitative estimate of drug-likeness (QED) is 0.342. The third-order valence-corrected chi connectivity index (χ3v) is 9.51. The van der Waals surface area contributed by atoms with Crippen molar-refractivity contribution in [3.63, 3.8) is 0 Å². The number of anilines is 1. The summed E-state index contributed by atoms with van der Waals surface area (Å²) in [6.07, 6.45) is 7.54. The van der Waals surface area contributed by atoms with Gasteiger partial charge in [0.1, 0.15) is 11.9 Å². The van der Waals surface area contributed by atoms with Gasteiger partial charge in [-0.15, -0.1) is 0 Å². The molecule has 0 bridgehead atoms. The zero-order chi connectivity index (χ0) is 31.2. The van der Waals surface area contributed by atoms with Gasteiger partial charge in [0.05, 0.1) is 17.2 Å². The predicted molar refractivity (Wildman–Crippen MR) is 164 cm³/mol. The number of amides is 3. The second kappa shape index (κ2) is 11.8. The van der Waals surface area contributed by atoms with Crippen LogP contribution in [0.1, 0.15) is 77.3 Å². The Kier molecular flexibility index (Phi) is 8.06. The van der Waals surface area contributed by atoms with E-state index in [4.69, 9.17) is 22.1 Å². The molecular formula is C33H34ClFN4O5. The number of carbonyl (C=O) groups excluding carboxylic acids is 3. The van der Waals surface area contributed by atoms with Crippen molar-refractivity contribution < 1.29 is 23.5 Å². The van der Waals surface area contributed by atoms with Crippen molar-refractivity contribution in [2.24, 2.45) is 11.7 Å². The minimum atomic E-state index is -0.997. The number of halogens is 2. The van der Waals surface area contributed by atoms with E-state index in [1.54, 1.807) is 19.2 Å². The zero-order valence-electron chi connectivity index (χ0n) is 24.3. The Balaban J connectivity index is 1.40. The first-order chi connectivity index (χ1) is 21.1. The average molecular weight is 621 g/mol. The number of aromatic nitrogens is 1. The number of benzene rings is 2. The number of ether oxygens (including phenoxy) is 1. The lowest BCUT2D eigenvalue weighted by molar-refractivity contribution is -0.120. The lowest BCUT2D eigenvalue weighted by Crippen LogP contribution is -2.41. The molecule has 2 saturated carbocycles. The molecule has 1 atom stereocenters. The molecule has 1 aromatic heterocycles. The molecule has 1 unspecified atom stereocenters. The van der Waals surface area contributed by atoms with E-state index in [2.05, 4.69) is 10.6 Å². The van der Waals surface area contributed by atoms with E-state index in [0.717, 1.165) is 55.7 Å². The highest BCUT2D eigenvalue weighted by Crippen LogP contribution is 2.43. The Labute approximate surface area is 258 Å². The van der Waals surface area contributed by atoms with E-state index in [1.807, 2.05) is 6.07 Å². The van der Waals surface area contributed by atoms with Gasteiger partial charge in [-0.05, 0) is 98.7 Å². The average Bonchev–Trinajstić information content (AvgIpc) is 3.75. The molecule has 44 heavy (non-hydrogen) atoms. The van der Waals surface area contributed by atoms with Crippen molar-refractivity contribution >= 4 is 35.0 Å². The van der Waals surface area contributed by atoms with E-state index in [0.29, 0.717) is 23.4 Å².